The smallest absolute Gasteiger partial charge is 0.268 e. The molecule has 1 unspecified atom stereocenters. The Hall–Kier alpha value is -2.44. The largest absolute Gasteiger partial charge is 0.302 e. The summed E-state index contributed by atoms with van der Waals surface area (Å²) in [7, 11) is 0. The van der Waals surface area contributed by atoms with Crippen LogP contribution in [0, 0.1) is 22.9 Å². The van der Waals surface area contributed by atoms with Gasteiger partial charge in [0, 0.05) is 10.6 Å². The minimum atomic E-state index is -0.703. The van der Waals surface area contributed by atoms with Gasteiger partial charge in [-0.3, -0.25) is 20.0 Å². The molecular formula is C12H12FN3O3. The molecule has 1 aromatic carbocycles. The van der Waals surface area contributed by atoms with E-state index >= 15 is 0 Å². The number of rotatable bonds is 4. The Morgan fingerprint density at radius 3 is 2.42 bits per heavy atom. The molecule has 0 spiro atoms. The zero-order chi connectivity index (χ0) is 14.0. The molecule has 19 heavy (non-hydrogen) atoms. The number of nitrogens with zero attached hydrogens (tertiary/aromatic N) is 1. The average molecular weight is 265 g/mol. The van der Waals surface area contributed by atoms with Gasteiger partial charge in [0.05, 0.1) is 11.5 Å². The number of aromatic amines is 2. The minimum Gasteiger partial charge on any atom is -0.302 e. The van der Waals surface area contributed by atoms with E-state index in [0.29, 0.717) is 16.8 Å². The number of hydrogen-bond donors (Lipinski definition) is 2. The lowest BCUT2D eigenvalue weighted by Crippen LogP contribution is -2.20. The van der Waals surface area contributed by atoms with E-state index < -0.39 is 28.8 Å². The van der Waals surface area contributed by atoms with Crippen LogP contribution in [-0.4, -0.2) is 21.7 Å². The van der Waals surface area contributed by atoms with Crippen molar-refractivity contribution in [3.05, 3.63) is 67.4 Å². The van der Waals surface area contributed by atoms with Crippen LogP contribution < -0.4 is 5.56 Å². The predicted molar refractivity (Wildman–Crippen MR) is 66.3 cm³/mol. The third-order valence-electron chi connectivity index (χ3n) is 2.96. The normalized spacial score (nSPS) is 12.3. The average Bonchev–Trinajstić information content (AvgIpc) is 2.67. The van der Waals surface area contributed by atoms with Gasteiger partial charge in [-0.25, -0.2) is 4.39 Å². The van der Waals surface area contributed by atoms with Gasteiger partial charge in [0.1, 0.15) is 5.82 Å². The minimum absolute atomic E-state index is 0.309. The van der Waals surface area contributed by atoms with Crippen LogP contribution in [0.25, 0.3) is 0 Å². The monoisotopic (exact) mass is 265 g/mol. The van der Waals surface area contributed by atoms with Gasteiger partial charge in [0.15, 0.2) is 0 Å². The number of nitro groups is 1. The van der Waals surface area contributed by atoms with Crippen LogP contribution in [-0.2, 0) is 0 Å². The first-order chi connectivity index (χ1) is 8.99. The van der Waals surface area contributed by atoms with Gasteiger partial charge >= 0.3 is 0 Å². The number of aryl methyl sites for hydroxylation is 1. The molecule has 0 saturated heterocycles. The molecule has 6 nitrogen and oxygen atoms in total. The van der Waals surface area contributed by atoms with Gasteiger partial charge in [-0.2, -0.15) is 0 Å². The first-order valence-electron chi connectivity index (χ1n) is 5.63. The second kappa shape index (κ2) is 5.05. The molecule has 0 aliphatic carbocycles. The van der Waals surface area contributed by atoms with Gasteiger partial charge < -0.3 is 5.10 Å². The molecule has 1 atom stereocenters. The lowest BCUT2D eigenvalue weighted by molar-refractivity contribution is -0.481. The van der Waals surface area contributed by atoms with Crippen LogP contribution in [0.5, 0.6) is 0 Å². The number of benzene rings is 1. The number of hydrogen-bond acceptors (Lipinski definition) is 3. The van der Waals surface area contributed by atoms with Gasteiger partial charge in [-0.1, -0.05) is 12.1 Å². The molecule has 0 aliphatic rings. The number of halogens is 1. The standard InChI is InChI=1S/C12H12FN3O3/c1-7-11(12(17)15-14-7)10(6-16(18)19)8-2-4-9(13)5-3-8/h2-5,10H,6H2,1H3,(H2,14,15,17). The Kier molecular flexibility index (Phi) is 3.46. The molecule has 100 valence electrons. The van der Waals surface area contributed by atoms with Crippen LogP contribution >= 0.6 is 0 Å². The lowest BCUT2D eigenvalue weighted by atomic mass is 9.91. The highest BCUT2D eigenvalue weighted by atomic mass is 19.1. The van der Waals surface area contributed by atoms with E-state index in [-0.39, 0.29) is 0 Å². The molecule has 0 bridgehead atoms. The summed E-state index contributed by atoms with van der Waals surface area (Å²) in [5.41, 5.74) is 0.990. The molecule has 0 fully saturated rings. The fourth-order valence-electron chi connectivity index (χ4n) is 2.08. The maximum atomic E-state index is 12.9. The predicted octanol–water partition coefficient (Wildman–Crippen LogP) is 1.56. The Morgan fingerprint density at radius 2 is 1.95 bits per heavy atom. The molecular weight excluding hydrogens is 253 g/mol. The van der Waals surface area contributed by atoms with E-state index in [1.165, 1.54) is 24.3 Å². The van der Waals surface area contributed by atoms with Crippen LogP contribution in [0.1, 0.15) is 22.7 Å². The fourth-order valence-corrected chi connectivity index (χ4v) is 2.08. The van der Waals surface area contributed by atoms with Crippen molar-refractivity contribution in [1.29, 1.82) is 0 Å². The third kappa shape index (κ3) is 2.70. The van der Waals surface area contributed by atoms with Crippen molar-refractivity contribution in [3.8, 4) is 0 Å². The highest BCUT2D eigenvalue weighted by molar-refractivity contribution is 5.33. The van der Waals surface area contributed by atoms with Crippen LogP contribution in [0.3, 0.4) is 0 Å². The zero-order valence-corrected chi connectivity index (χ0v) is 10.1. The summed E-state index contributed by atoms with van der Waals surface area (Å²) < 4.78 is 12.9. The van der Waals surface area contributed by atoms with E-state index in [9.17, 15) is 19.3 Å². The summed E-state index contributed by atoms with van der Waals surface area (Å²) in [6.45, 7) is 1.23. The zero-order valence-electron chi connectivity index (χ0n) is 10.1. The second-order valence-corrected chi connectivity index (χ2v) is 4.24. The number of aromatic nitrogens is 2. The third-order valence-corrected chi connectivity index (χ3v) is 2.96. The molecule has 7 heteroatoms. The summed E-state index contributed by atoms with van der Waals surface area (Å²) in [5.74, 6) is -1.13. The summed E-state index contributed by atoms with van der Waals surface area (Å²) >= 11 is 0. The second-order valence-electron chi connectivity index (χ2n) is 4.24. The van der Waals surface area contributed by atoms with Crippen molar-refractivity contribution >= 4 is 0 Å². The maximum Gasteiger partial charge on any atom is 0.268 e. The van der Waals surface area contributed by atoms with Crippen molar-refractivity contribution in [2.75, 3.05) is 6.54 Å². The first-order valence-corrected chi connectivity index (χ1v) is 5.63. The quantitative estimate of drug-likeness (QED) is 0.649. The Bertz CT molecular complexity index is 645. The van der Waals surface area contributed by atoms with Gasteiger partial charge in [0.2, 0.25) is 6.54 Å². The maximum absolute atomic E-state index is 12.9. The van der Waals surface area contributed by atoms with E-state index in [2.05, 4.69) is 10.2 Å². The Labute approximate surface area is 107 Å². The lowest BCUT2D eigenvalue weighted by Gasteiger charge is -2.12. The highest BCUT2D eigenvalue weighted by Crippen LogP contribution is 2.24. The molecule has 2 N–H and O–H groups in total. The number of H-pyrrole nitrogens is 2. The van der Waals surface area contributed by atoms with Gasteiger partial charge in [0.25, 0.3) is 5.56 Å². The molecule has 1 heterocycles. The summed E-state index contributed by atoms with van der Waals surface area (Å²) in [6.07, 6.45) is 0. The molecule has 0 amide bonds. The summed E-state index contributed by atoms with van der Waals surface area (Å²) in [4.78, 5) is 22.0. The summed E-state index contributed by atoms with van der Waals surface area (Å²) in [6, 6.07) is 5.35. The number of nitrogens with one attached hydrogen (secondary N) is 2. The van der Waals surface area contributed by atoms with Gasteiger partial charge in [-0.15, -0.1) is 0 Å². The Balaban J connectivity index is 2.50. The van der Waals surface area contributed by atoms with Crippen molar-refractivity contribution in [2.24, 2.45) is 0 Å². The van der Waals surface area contributed by atoms with E-state index in [1.54, 1.807) is 6.92 Å². The van der Waals surface area contributed by atoms with Crippen molar-refractivity contribution in [3.63, 3.8) is 0 Å². The van der Waals surface area contributed by atoms with E-state index in [4.69, 9.17) is 0 Å². The first kappa shape index (κ1) is 13.0. The van der Waals surface area contributed by atoms with Crippen LogP contribution in [0.2, 0.25) is 0 Å². The summed E-state index contributed by atoms with van der Waals surface area (Å²) in [5, 5.41) is 15.8. The molecule has 2 rings (SSSR count). The van der Waals surface area contributed by atoms with Crippen LogP contribution in [0.4, 0.5) is 4.39 Å². The molecule has 1 aromatic heterocycles. The SMILES string of the molecule is Cc1[nH][nH]c(=O)c1C(C[N+](=O)[O-])c1ccc(F)cc1. The molecule has 2 aromatic rings. The topological polar surface area (TPSA) is 91.8 Å². The van der Waals surface area contributed by atoms with Crippen molar-refractivity contribution in [1.82, 2.24) is 10.2 Å². The molecule has 0 radical (unpaired) electrons. The van der Waals surface area contributed by atoms with Crippen molar-refractivity contribution < 1.29 is 9.31 Å². The molecule has 0 saturated carbocycles. The van der Waals surface area contributed by atoms with E-state index in [0.717, 1.165) is 0 Å². The van der Waals surface area contributed by atoms with Crippen molar-refractivity contribution in [2.45, 2.75) is 12.8 Å². The van der Waals surface area contributed by atoms with Gasteiger partial charge in [-0.05, 0) is 24.6 Å². The molecule has 0 aliphatic heterocycles. The van der Waals surface area contributed by atoms with Crippen LogP contribution in [0.15, 0.2) is 29.1 Å². The van der Waals surface area contributed by atoms with E-state index in [1.807, 2.05) is 0 Å². The fraction of sp³-hybridized carbons (Fsp3) is 0.250. The Morgan fingerprint density at radius 1 is 1.32 bits per heavy atom. The highest BCUT2D eigenvalue weighted by Gasteiger charge is 2.25.